The molecule has 0 unspecified atom stereocenters. The summed E-state index contributed by atoms with van der Waals surface area (Å²) < 4.78 is 13.8. The molecule has 0 saturated heterocycles. The lowest BCUT2D eigenvalue weighted by atomic mass is 10.3. The van der Waals surface area contributed by atoms with Gasteiger partial charge in [0.1, 0.15) is 5.76 Å². The molecule has 1 aromatic heterocycles. The third kappa shape index (κ3) is 3.44. The van der Waals surface area contributed by atoms with Crippen molar-refractivity contribution >= 4 is 18.0 Å². The van der Waals surface area contributed by atoms with Crippen LogP contribution in [0.1, 0.15) is 12.7 Å². The molecule has 1 rings (SSSR count). The van der Waals surface area contributed by atoms with Gasteiger partial charge in [0, 0.05) is 13.0 Å². The first-order valence-corrected chi connectivity index (χ1v) is 4.66. The van der Waals surface area contributed by atoms with E-state index in [0.29, 0.717) is 0 Å². The van der Waals surface area contributed by atoms with Gasteiger partial charge in [0.2, 0.25) is 0 Å². The number of carbonyl (C=O) groups excluding carboxylic acids is 2. The predicted octanol–water partition coefficient (Wildman–Crippen LogP) is 0.995. The Morgan fingerprint density at radius 1 is 1.44 bits per heavy atom. The number of nitro groups is 1. The van der Waals surface area contributed by atoms with Crippen LogP contribution >= 0.6 is 0 Å². The molecule has 0 fully saturated rings. The summed E-state index contributed by atoms with van der Waals surface area (Å²) in [6.45, 7) is 1.18. The second kappa shape index (κ2) is 5.62. The number of furan rings is 1. The Hall–Kier alpha value is -2.64. The van der Waals surface area contributed by atoms with E-state index >= 15 is 0 Å². The fourth-order valence-corrected chi connectivity index (χ4v) is 1.03. The minimum Gasteiger partial charge on any atom is -0.461 e. The molecule has 0 spiro atoms. The minimum absolute atomic E-state index is 0.0108. The summed E-state index contributed by atoms with van der Waals surface area (Å²) in [7, 11) is 1.02. The van der Waals surface area contributed by atoms with Crippen molar-refractivity contribution in [3.63, 3.8) is 0 Å². The zero-order valence-electron chi connectivity index (χ0n) is 9.54. The molecule has 0 saturated carbocycles. The first-order valence-electron chi connectivity index (χ1n) is 4.66. The van der Waals surface area contributed by atoms with Gasteiger partial charge in [-0.3, -0.25) is 14.9 Å². The van der Waals surface area contributed by atoms with Gasteiger partial charge in [-0.15, -0.1) is 0 Å². The Bertz CT molecular complexity index is 514. The van der Waals surface area contributed by atoms with E-state index in [-0.39, 0.29) is 11.7 Å². The summed E-state index contributed by atoms with van der Waals surface area (Å²) in [5.74, 6) is -1.84. The molecule has 1 heterocycles. The van der Waals surface area contributed by atoms with Gasteiger partial charge in [0.15, 0.2) is 0 Å². The maximum Gasteiger partial charge on any atom is 0.409 e. The maximum atomic E-state index is 11.1. The van der Waals surface area contributed by atoms with Crippen molar-refractivity contribution < 1.29 is 28.4 Å². The number of hydrogen-bond donors (Lipinski definition) is 0. The number of hydrogen-bond acceptors (Lipinski definition) is 7. The van der Waals surface area contributed by atoms with E-state index < -0.39 is 22.6 Å². The van der Waals surface area contributed by atoms with Crippen molar-refractivity contribution in [1.29, 1.82) is 0 Å². The van der Waals surface area contributed by atoms with Crippen molar-refractivity contribution in [3.05, 3.63) is 33.7 Å². The van der Waals surface area contributed by atoms with Gasteiger partial charge in [-0.1, -0.05) is 0 Å². The van der Waals surface area contributed by atoms with Crippen molar-refractivity contribution in [2.75, 3.05) is 7.11 Å². The number of nitrogens with zero attached hydrogens (tertiary/aromatic N) is 1. The summed E-state index contributed by atoms with van der Waals surface area (Å²) in [4.78, 5) is 31.4. The lowest BCUT2D eigenvalue weighted by molar-refractivity contribution is -0.419. The molecule has 96 valence electrons. The van der Waals surface area contributed by atoms with Crippen LogP contribution in [0.4, 0.5) is 0 Å². The third-order valence-corrected chi connectivity index (χ3v) is 1.72. The highest BCUT2D eigenvalue weighted by atomic mass is 16.6. The smallest absolute Gasteiger partial charge is 0.409 e. The highest BCUT2D eigenvalue weighted by Gasteiger charge is 2.23. The normalized spacial score (nSPS) is 10.9. The Labute approximate surface area is 101 Å². The van der Waals surface area contributed by atoms with Gasteiger partial charge in [0.05, 0.1) is 18.1 Å². The molecule has 8 nitrogen and oxygen atoms in total. The minimum atomic E-state index is -1.11. The molecule has 8 heteroatoms. The van der Waals surface area contributed by atoms with Crippen molar-refractivity contribution in [1.82, 2.24) is 0 Å². The average Bonchev–Trinajstić information content (AvgIpc) is 2.71. The van der Waals surface area contributed by atoms with Crippen molar-refractivity contribution in [2.45, 2.75) is 6.92 Å². The molecule has 0 bridgehead atoms. The van der Waals surface area contributed by atoms with Crippen molar-refractivity contribution in [3.8, 4) is 5.95 Å². The van der Waals surface area contributed by atoms with Gasteiger partial charge >= 0.3 is 17.6 Å². The number of carbonyl (C=O) groups is 2. The number of methoxy groups -OCH3 is 1. The molecule has 1 aromatic rings. The first-order chi connectivity index (χ1) is 8.43. The summed E-state index contributed by atoms with van der Waals surface area (Å²) in [6.07, 6.45) is 0.874. The van der Waals surface area contributed by atoms with E-state index in [2.05, 4.69) is 9.47 Å². The molecule has 0 radical (unpaired) electrons. The van der Waals surface area contributed by atoms with E-state index in [1.54, 1.807) is 0 Å². The number of rotatable bonds is 4. The quantitative estimate of drug-likeness (QED) is 0.341. The van der Waals surface area contributed by atoms with Crippen LogP contribution in [0.25, 0.3) is 6.08 Å². The van der Waals surface area contributed by atoms with Gasteiger partial charge < -0.3 is 13.9 Å². The topological polar surface area (TPSA) is 109 Å². The molecular formula is C10H9NO7. The average molecular weight is 255 g/mol. The SMILES string of the molecule is COC(=O)/C(=C/c1ccc(OC(C)=O)o1)[N+](=O)[O-]. The van der Waals surface area contributed by atoms with Crippen LogP contribution in [-0.4, -0.2) is 24.0 Å². The zero-order chi connectivity index (χ0) is 13.7. The molecule has 0 N–H and O–H groups in total. The molecule has 0 aliphatic heterocycles. The van der Waals surface area contributed by atoms with Gasteiger partial charge in [-0.05, 0) is 6.07 Å². The highest BCUT2D eigenvalue weighted by Crippen LogP contribution is 2.19. The molecule has 0 amide bonds. The summed E-state index contributed by atoms with van der Waals surface area (Å²) >= 11 is 0. The largest absolute Gasteiger partial charge is 0.461 e. The van der Waals surface area contributed by atoms with Crippen LogP contribution in [-0.2, 0) is 14.3 Å². The van der Waals surface area contributed by atoms with Gasteiger partial charge in [0.25, 0.3) is 5.95 Å². The molecule has 18 heavy (non-hydrogen) atoms. The fraction of sp³-hybridized carbons (Fsp3) is 0.200. The van der Waals surface area contributed by atoms with Crippen LogP contribution in [0.2, 0.25) is 0 Å². The zero-order valence-corrected chi connectivity index (χ0v) is 9.54. The lowest BCUT2D eigenvalue weighted by Gasteiger charge is -1.95. The third-order valence-electron chi connectivity index (χ3n) is 1.72. The van der Waals surface area contributed by atoms with Crippen LogP contribution in [0.3, 0.4) is 0 Å². The summed E-state index contributed by atoms with van der Waals surface area (Å²) in [5, 5.41) is 10.6. The maximum absolute atomic E-state index is 11.1. The summed E-state index contributed by atoms with van der Waals surface area (Å²) in [5.41, 5.74) is -0.791. The van der Waals surface area contributed by atoms with Crippen LogP contribution in [0, 0.1) is 10.1 Å². The second-order valence-corrected chi connectivity index (χ2v) is 3.03. The Balaban J connectivity index is 2.98. The second-order valence-electron chi connectivity index (χ2n) is 3.03. The number of esters is 2. The van der Waals surface area contributed by atoms with E-state index in [1.165, 1.54) is 19.1 Å². The number of ether oxygens (including phenoxy) is 2. The van der Waals surface area contributed by atoms with E-state index in [9.17, 15) is 19.7 Å². The molecule has 0 aliphatic rings. The lowest BCUT2D eigenvalue weighted by Crippen LogP contribution is -2.12. The monoisotopic (exact) mass is 255 g/mol. The summed E-state index contributed by atoms with van der Waals surface area (Å²) in [6, 6.07) is 2.60. The Morgan fingerprint density at radius 3 is 2.61 bits per heavy atom. The van der Waals surface area contributed by atoms with Crippen LogP contribution in [0.15, 0.2) is 22.2 Å². The molecule has 0 aliphatic carbocycles. The highest BCUT2D eigenvalue weighted by molar-refractivity contribution is 5.90. The Kier molecular flexibility index (Phi) is 4.19. The van der Waals surface area contributed by atoms with Gasteiger partial charge in [-0.25, -0.2) is 4.79 Å². The molecular weight excluding hydrogens is 246 g/mol. The molecule has 0 atom stereocenters. The standard InChI is InChI=1S/C10H9NO7/c1-6(12)17-9-4-3-7(18-9)5-8(11(14)15)10(13)16-2/h3-5H,1-2H3/b8-5-. The van der Waals surface area contributed by atoms with E-state index in [4.69, 9.17) is 4.42 Å². The van der Waals surface area contributed by atoms with Gasteiger partial charge in [-0.2, -0.15) is 0 Å². The van der Waals surface area contributed by atoms with Crippen LogP contribution in [0.5, 0.6) is 5.95 Å². The van der Waals surface area contributed by atoms with E-state index in [1.807, 2.05) is 0 Å². The Morgan fingerprint density at radius 2 is 2.11 bits per heavy atom. The van der Waals surface area contributed by atoms with E-state index in [0.717, 1.165) is 13.2 Å². The fourth-order valence-electron chi connectivity index (χ4n) is 1.03. The van der Waals surface area contributed by atoms with Crippen molar-refractivity contribution in [2.24, 2.45) is 0 Å². The molecule has 0 aromatic carbocycles. The van der Waals surface area contributed by atoms with Crippen LogP contribution < -0.4 is 4.74 Å². The predicted molar refractivity (Wildman–Crippen MR) is 57.0 cm³/mol. The first kappa shape index (κ1) is 13.4.